The normalized spacial score (nSPS) is 13.0. The number of nitrogens with zero attached hydrogens (tertiary/aromatic N) is 4. The van der Waals surface area contributed by atoms with Crippen molar-refractivity contribution in [2.24, 2.45) is 0 Å². The molecule has 0 aliphatic rings. The van der Waals surface area contributed by atoms with Crippen molar-refractivity contribution >= 4 is 87.2 Å². The Kier molecular flexibility index (Phi) is 11.3. The van der Waals surface area contributed by atoms with Crippen LogP contribution in [0.25, 0.3) is 121 Å². The molecule has 0 N–H and O–H groups in total. The SMILES string of the molecule is Cc1cccc(-n2c3ccc(-c4ccc5c(c4)c4cc(-n6c7ccc(C(C)(C)C)cc7c7cc(C(C)(C)C)ccc76)ccc4n5-c4cccc(C)c4)cc3c3cc(-n4c5ccc(C(C)(C)C)cc5c5cc(C(C)(C)C)ccc54)ccc32)c1. The predicted molar refractivity (Wildman–Crippen MR) is 354 cm³/mol. The minimum atomic E-state index is 0.0194. The number of aryl methyl sites for hydroxylation is 2. The van der Waals surface area contributed by atoms with E-state index in [9.17, 15) is 0 Å². The average molecular weight is 1070 g/mol. The lowest BCUT2D eigenvalue weighted by Crippen LogP contribution is -2.10. The highest BCUT2D eigenvalue weighted by atomic mass is 15.0. The van der Waals surface area contributed by atoms with Gasteiger partial charge in [-0.1, -0.05) is 144 Å². The number of benzene rings is 10. The molecule has 0 atom stereocenters. The van der Waals surface area contributed by atoms with E-state index < -0.39 is 0 Å². The van der Waals surface area contributed by atoms with Gasteiger partial charge in [-0.25, -0.2) is 0 Å². The Labute approximate surface area is 482 Å². The summed E-state index contributed by atoms with van der Waals surface area (Å²) in [5, 5.41) is 10.1. The van der Waals surface area contributed by atoms with Gasteiger partial charge in [-0.05, 0) is 213 Å². The van der Waals surface area contributed by atoms with Gasteiger partial charge < -0.3 is 18.3 Å². The van der Waals surface area contributed by atoms with E-state index in [1.54, 1.807) is 0 Å². The van der Waals surface area contributed by atoms with E-state index in [0.717, 1.165) is 22.7 Å². The number of rotatable bonds is 5. The standard InChI is InChI=1S/C78H74N4/c1-47-17-15-19-55(37-47)79-67-29-21-49(39-59(67)65-45-57(27-35-73(65)79)81-69-31-23-51(75(3,4)5)41-61(69)62-42-52(76(6,7)8)24-32-70(62)81)50-22-30-68-60(40-50)66-46-58(28-36-74(66)80(68)56-20-16-18-48(2)38-56)82-71-33-25-53(77(9,10)11)43-63(71)64-44-54(78(12,13)14)26-34-72(64)82/h15-46H,1-14H3. The first-order valence-electron chi connectivity index (χ1n) is 29.5. The average Bonchev–Trinajstić information content (AvgIpc) is 2.79. The first-order valence-corrected chi connectivity index (χ1v) is 29.5. The van der Waals surface area contributed by atoms with Crippen LogP contribution in [0.5, 0.6) is 0 Å². The smallest absolute Gasteiger partial charge is 0.0542 e. The van der Waals surface area contributed by atoms with Crippen LogP contribution in [0.1, 0.15) is 116 Å². The number of aromatic nitrogens is 4. The molecular weight excluding hydrogens is 993 g/mol. The molecule has 4 aromatic heterocycles. The molecule has 0 aliphatic carbocycles. The van der Waals surface area contributed by atoms with Gasteiger partial charge in [0.15, 0.2) is 0 Å². The van der Waals surface area contributed by atoms with E-state index in [-0.39, 0.29) is 21.7 Å². The summed E-state index contributed by atoms with van der Waals surface area (Å²) >= 11 is 0. The molecule has 4 heterocycles. The molecule has 0 saturated heterocycles. The summed E-state index contributed by atoms with van der Waals surface area (Å²) in [6, 6.07) is 75.0. The maximum atomic E-state index is 2.50. The van der Waals surface area contributed by atoms with Crippen molar-refractivity contribution in [1.82, 2.24) is 18.3 Å². The molecule has 0 fully saturated rings. The summed E-state index contributed by atoms with van der Waals surface area (Å²) in [7, 11) is 0. The van der Waals surface area contributed by atoms with Crippen LogP contribution in [0.4, 0.5) is 0 Å². The summed E-state index contributed by atoms with van der Waals surface area (Å²) in [6.07, 6.45) is 0. The van der Waals surface area contributed by atoms with E-state index in [1.807, 2.05) is 0 Å². The fraction of sp³-hybridized carbons (Fsp3) is 0.231. The molecule has 14 aromatic rings. The van der Waals surface area contributed by atoms with Gasteiger partial charge >= 0.3 is 0 Å². The molecule has 406 valence electrons. The van der Waals surface area contributed by atoms with E-state index in [2.05, 4.69) is 309 Å². The van der Waals surface area contributed by atoms with Gasteiger partial charge in [0, 0.05) is 65.8 Å². The lowest BCUT2D eigenvalue weighted by Gasteiger charge is -2.19. The largest absolute Gasteiger partial charge is 0.309 e. The molecule has 0 unspecified atom stereocenters. The van der Waals surface area contributed by atoms with Crippen molar-refractivity contribution < 1.29 is 0 Å². The molecule has 0 radical (unpaired) electrons. The fourth-order valence-electron chi connectivity index (χ4n) is 13.2. The molecule has 0 bridgehead atoms. The Morgan fingerprint density at radius 2 is 0.451 bits per heavy atom. The molecule has 0 spiro atoms. The molecule has 10 aromatic carbocycles. The monoisotopic (exact) mass is 1070 g/mol. The van der Waals surface area contributed by atoms with Crippen LogP contribution in [0.2, 0.25) is 0 Å². The van der Waals surface area contributed by atoms with E-state index >= 15 is 0 Å². The number of fused-ring (bicyclic) bond motifs is 12. The quantitative estimate of drug-likeness (QED) is 0.164. The van der Waals surface area contributed by atoms with Crippen LogP contribution >= 0.6 is 0 Å². The van der Waals surface area contributed by atoms with Gasteiger partial charge in [-0.2, -0.15) is 0 Å². The number of hydrogen-bond donors (Lipinski definition) is 0. The summed E-state index contributed by atoms with van der Waals surface area (Å²) in [6.45, 7) is 32.2. The zero-order valence-electron chi connectivity index (χ0n) is 50.3. The van der Waals surface area contributed by atoms with E-state index in [4.69, 9.17) is 0 Å². The van der Waals surface area contributed by atoms with Gasteiger partial charge in [-0.3, -0.25) is 0 Å². The van der Waals surface area contributed by atoms with E-state index in [0.29, 0.717) is 0 Å². The van der Waals surface area contributed by atoms with Gasteiger partial charge in [0.2, 0.25) is 0 Å². The zero-order chi connectivity index (χ0) is 57.1. The highest BCUT2D eigenvalue weighted by molar-refractivity contribution is 6.16. The van der Waals surface area contributed by atoms with Crippen molar-refractivity contribution in [1.29, 1.82) is 0 Å². The summed E-state index contributed by atoms with van der Waals surface area (Å²) in [5.41, 5.74) is 24.6. The van der Waals surface area contributed by atoms with Gasteiger partial charge in [0.05, 0.1) is 44.1 Å². The van der Waals surface area contributed by atoms with Crippen LogP contribution in [0.3, 0.4) is 0 Å². The molecule has 82 heavy (non-hydrogen) atoms. The van der Waals surface area contributed by atoms with Crippen LogP contribution in [-0.4, -0.2) is 18.3 Å². The molecule has 0 amide bonds. The molecule has 14 rings (SSSR count). The Morgan fingerprint density at radius 3 is 0.720 bits per heavy atom. The zero-order valence-corrected chi connectivity index (χ0v) is 50.3. The third kappa shape index (κ3) is 8.23. The third-order valence-electron chi connectivity index (χ3n) is 17.9. The van der Waals surface area contributed by atoms with Crippen LogP contribution in [0.15, 0.2) is 194 Å². The van der Waals surface area contributed by atoms with Crippen LogP contribution < -0.4 is 0 Å². The fourth-order valence-corrected chi connectivity index (χ4v) is 13.2. The highest BCUT2D eigenvalue weighted by Crippen LogP contribution is 2.44. The Balaban J connectivity index is 0.993. The maximum absolute atomic E-state index is 2.50. The third-order valence-corrected chi connectivity index (χ3v) is 17.9. The first-order chi connectivity index (χ1) is 39.0. The maximum Gasteiger partial charge on any atom is 0.0542 e. The Morgan fingerprint density at radius 1 is 0.220 bits per heavy atom. The van der Waals surface area contributed by atoms with Crippen molar-refractivity contribution in [3.05, 3.63) is 228 Å². The van der Waals surface area contributed by atoms with Gasteiger partial charge in [0.1, 0.15) is 0 Å². The minimum Gasteiger partial charge on any atom is -0.309 e. The van der Waals surface area contributed by atoms with Crippen molar-refractivity contribution in [3.8, 4) is 33.9 Å². The predicted octanol–water partition coefficient (Wildman–Crippen LogP) is 21.5. The van der Waals surface area contributed by atoms with Gasteiger partial charge in [0.25, 0.3) is 0 Å². The first kappa shape index (κ1) is 51.5. The van der Waals surface area contributed by atoms with Crippen molar-refractivity contribution in [2.45, 2.75) is 119 Å². The number of hydrogen-bond acceptors (Lipinski definition) is 0. The lowest BCUT2D eigenvalue weighted by atomic mass is 9.85. The molecule has 4 nitrogen and oxygen atoms in total. The second-order valence-corrected chi connectivity index (χ2v) is 27.8. The summed E-state index contributed by atoms with van der Waals surface area (Å²) in [5.74, 6) is 0. The van der Waals surface area contributed by atoms with Crippen LogP contribution in [0, 0.1) is 13.8 Å². The molecule has 0 saturated carbocycles. The molecular formula is C78H74N4. The second kappa shape index (κ2) is 17.9. The van der Waals surface area contributed by atoms with Crippen LogP contribution in [-0.2, 0) is 21.7 Å². The van der Waals surface area contributed by atoms with E-state index in [1.165, 1.54) is 132 Å². The summed E-state index contributed by atoms with van der Waals surface area (Å²) < 4.78 is 9.93. The molecule has 0 aliphatic heterocycles. The molecule has 4 heteroatoms. The topological polar surface area (TPSA) is 19.7 Å². The Hall–Kier alpha value is -8.60. The lowest BCUT2D eigenvalue weighted by molar-refractivity contribution is 0.590. The highest BCUT2D eigenvalue weighted by Gasteiger charge is 2.25. The van der Waals surface area contributed by atoms with Crippen molar-refractivity contribution in [2.75, 3.05) is 0 Å². The summed E-state index contributed by atoms with van der Waals surface area (Å²) in [4.78, 5) is 0. The minimum absolute atomic E-state index is 0.0194. The van der Waals surface area contributed by atoms with Gasteiger partial charge in [-0.15, -0.1) is 0 Å². The van der Waals surface area contributed by atoms with Crippen molar-refractivity contribution in [3.63, 3.8) is 0 Å². The second-order valence-electron chi connectivity index (χ2n) is 27.8. The Bertz CT molecular complexity index is 4510.